The molecule has 0 N–H and O–H groups in total. The standard InChI is InChI=1S/C16H12F3NO2/c17-16(18,19)10-3-5-11(6-4-10)20-14(21)12-8-1-2-9(7-8)13(12)15(20)22/h1-6,8-9,12-13H,7H2/t8-,9+,12-,13+. The lowest BCUT2D eigenvalue weighted by atomic mass is 9.85. The van der Waals surface area contributed by atoms with Crippen LogP contribution in [-0.2, 0) is 15.8 Å². The number of carbonyl (C=O) groups excluding carboxylic acids is 2. The van der Waals surface area contributed by atoms with Gasteiger partial charge in [0.1, 0.15) is 0 Å². The zero-order chi connectivity index (χ0) is 15.6. The number of carbonyl (C=O) groups is 2. The third-order valence-electron chi connectivity index (χ3n) is 4.92. The first-order valence-corrected chi connectivity index (χ1v) is 7.11. The van der Waals surface area contributed by atoms with Crippen LogP contribution in [0, 0.1) is 23.7 Å². The van der Waals surface area contributed by atoms with Crippen molar-refractivity contribution in [3.63, 3.8) is 0 Å². The Labute approximate surface area is 124 Å². The number of imide groups is 1. The molecule has 114 valence electrons. The zero-order valence-electron chi connectivity index (χ0n) is 11.4. The molecule has 1 saturated carbocycles. The van der Waals surface area contributed by atoms with E-state index in [1.165, 1.54) is 12.1 Å². The van der Waals surface area contributed by atoms with Gasteiger partial charge in [-0.15, -0.1) is 0 Å². The van der Waals surface area contributed by atoms with Gasteiger partial charge in [0.2, 0.25) is 11.8 Å². The Morgan fingerprint density at radius 1 is 0.909 bits per heavy atom. The van der Waals surface area contributed by atoms with Crippen LogP contribution in [0.1, 0.15) is 12.0 Å². The molecule has 1 heterocycles. The first-order valence-electron chi connectivity index (χ1n) is 7.11. The summed E-state index contributed by atoms with van der Waals surface area (Å²) in [7, 11) is 0. The number of hydrogen-bond donors (Lipinski definition) is 0. The second kappa shape index (κ2) is 4.21. The third-order valence-corrected chi connectivity index (χ3v) is 4.92. The molecular formula is C16H12F3NO2. The normalized spacial score (nSPS) is 33.0. The fraction of sp³-hybridized carbons (Fsp3) is 0.375. The third kappa shape index (κ3) is 1.69. The number of fused-ring (bicyclic) bond motifs is 5. The molecule has 2 aliphatic carbocycles. The van der Waals surface area contributed by atoms with Gasteiger partial charge in [-0.3, -0.25) is 14.5 Å². The summed E-state index contributed by atoms with van der Waals surface area (Å²) in [4.78, 5) is 26.1. The van der Waals surface area contributed by atoms with Gasteiger partial charge in [0.25, 0.3) is 0 Å². The van der Waals surface area contributed by atoms with Crippen LogP contribution in [0.5, 0.6) is 0 Å². The van der Waals surface area contributed by atoms with Crippen molar-refractivity contribution in [2.24, 2.45) is 23.7 Å². The van der Waals surface area contributed by atoms with Crippen LogP contribution in [0.4, 0.5) is 18.9 Å². The maximum Gasteiger partial charge on any atom is 0.416 e. The van der Waals surface area contributed by atoms with Crippen LogP contribution in [-0.4, -0.2) is 11.8 Å². The summed E-state index contributed by atoms with van der Waals surface area (Å²) in [6, 6.07) is 4.18. The summed E-state index contributed by atoms with van der Waals surface area (Å²) in [5, 5.41) is 0. The molecule has 22 heavy (non-hydrogen) atoms. The van der Waals surface area contributed by atoms with Crippen LogP contribution in [0.25, 0.3) is 0 Å². The second-order valence-electron chi connectivity index (χ2n) is 6.06. The van der Waals surface area contributed by atoms with E-state index in [-0.39, 0.29) is 41.2 Å². The SMILES string of the molecule is O=C1[C@@H]2[C@H](C(=O)N1c1ccc(C(F)(F)F)cc1)[C@@H]1C=C[C@H]2C1. The maximum absolute atomic E-state index is 12.6. The molecule has 0 radical (unpaired) electrons. The summed E-state index contributed by atoms with van der Waals surface area (Å²) < 4.78 is 37.8. The highest BCUT2D eigenvalue weighted by Gasteiger charge is 2.59. The average molecular weight is 307 g/mol. The molecule has 0 spiro atoms. The van der Waals surface area contributed by atoms with Gasteiger partial charge in [-0.05, 0) is 42.5 Å². The second-order valence-corrected chi connectivity index (χ2v) is 6.06. The van der Waals surface area contributed by atoms with E-state index in [2.05, 4.69) is 0 Å². The van der Waals surface area contributed by atoms with E-state index in [0.29, 0.717) is 0 Å². The summed E-state index contributed by atoms with van der Waals surface area (Å²) in [5.41, 5.74) is -0.575. The molecule has 2 bridgehead atoms. The number of amides is 2. The van der Waals surface area contributed by atoms with Gasteiger partial charge in [0.05, 0.1) is 23.1 Å². The minimum atomic E-state index is -4.43. The van der Waals surface area contributed by atoms with Crippen molar-refractivity contribution in [2.45, 2.75) is 12.6 Å². The van der Waals surface area contributed by atoms with E-state index in [1.54, 1.807) is 0 Å². The summed E-state index contributed by atoms with van der Waals surface area (Å²) in [5.74, 6) is -1.08. The molecule has 1 saturated heterocycles. The molecule has 6 heteroatoms. The van der Waals surface area contributed by atoms with Crippen molar-refractivity contribution in [3.8, 4) is 0 Å². The number of nitrogens with zero attached hydrogens (tertiary/aromatic N) is 1. The number of alkyl halides is 3. The fourth-order valence-corrected chi connectivity index (χ4v) is 3.96. The van der Waals surface area contributed by atoms with Crippen molar-refractivity contribution in [1.29, 1.82) is 0 Å². The van der Waals surface area contributed by atoms with Crippen LogP contribution in [0.2, 0.25) is 0 Å². The summed E-state index contributed by atoms with van der Waals surface area (Å²) >= 11 is 0. The molecule has 4 atom stereocenters. The van der Waals surface area contributed by atoms with Crippen LogP contribution in [0.15, 0.2) is 36.4 Å². The molecule has 1 aliphatic heterocycles. The van der Waals surface area contributed by atoms with E-state index >= 15 is 0 Å². The molecule has 3 nitrogen and oxygen atoms in total. The topological polar surface area (TPSA) is 37.4 Å². The van der Waals surface area contributed by atoms with Crippen molar-refractivity contribution < 1.29 is 22.8 Å². The minimum Gasteiger partial charge on any atom is -0.274 e. The number of halogens is 3. The lowest BCUT2D eigenvalue weighted by Crippen LogP contribution is -2.32. The van der Waals surface area contributed by atoms with E-state index < -0.39 is 11.7 Å². The molecule has 3 aliphatic rings. The molecule has 0 aromatic heterocycles. The molecule has 2 fully saturated rings. The highest BCUT2D eigenvalue weighted by Crippen LogP contribution is 2.53. The number of benzene rings is 1. The highest BCUT2D eigenvalue weighted by atomic mass is 19.4. The monoisotopic (exact) mass is 307 g/mol. The largest absolute Gasteiger partial charge is 0.416 e. The number of allylic oxidation sites excluding steroid dienone is 2. The average Bonchev–Trinajstić information content (AvgIpc) is 3.12. The summed E-state index contributed by atoms with van der Waals surface area (Å²) in [6.07, 6.45) is 0.352. The number of hydrogen-bond acceptors (Lipinski definition) is 2. The highest BCUT2D eigenvalue weighted by molar-refractivity contribution is 6.22. The summed E-state index contributed by atoms with van der Waals surface area (Å²) in [6.45, 7) is 0. The molecule has 1 aromatic rings. The van der Waals surface area contributed by atoms with Crippen molar-refractivity contribution >= 4 is 17.5 Å². The Bertz CT molecular complexity index is 662. The lowest BCUT2D eigenvalue weighted by Gasteiger charge is -2.18. The molecular weight excluding hydrogens is 295 g/mol. The molecule has 0 unspecified atom stereocenters. The van der Waals surface area contributed by atoms with Gasteiger partial charge in [-0.2, -0.15) is 13.2 Å². The predicted molar refractivity (Wildman–Crippen MR) is 71.7 cm³/mol. The maximum atomic E-state index is 12.6. The van der Waals surface area contributed by atoms with Gasteiger partial charge in [0.15, 0.2) is 0 Å². The molecule has 1 aromatic carbocycles. The minimum absolute atomic E-state index is 0.0888. The lowest BCUT2D eigenvalue weighted by molar-refractivity contribution is -0.137. The Balaban J connectivity index is 1.67. The first kappa shape index (κ1) is 13.5. The fourth-order valence-electron chi connectivity index (χ4n) is 3.96. The smallest absolute Gasteiger partial charge is 0.274 e. The van der Waals surface area contributed by atoms with Gasteiger partial charge in [-0.1, -0.05) is 12.2 Å². The van der Waals surface area contributed by atoms with Crippen LogP contribution >= 0.6 is 0 Å². The van der Waals surface area contributed by atoms with Gasteiger partial charge < -0.3 is 0 Å². The van der Waals surface area contributed by atoms with Crippen molar-refractivity contribution in [1.82, 2.24) is 0 Å². The Hall–Kier alpha value is -2.11. The Kier molecular flexibility index (Phi) is 2.59. The van der Waals surface area contributed by atoms with E-state index in [1.807, 2.05) is 12.2 Å². The first-order chi connectivity index (χ1) is 10.4. The number of rotatable bonds is 1. The quantitative estimate of drug-likeness (QED) is 0.591. The Morgan fingerprint density at radius 3 is 1.86 bits per heavy atom. The van der Waals surface area contributed by atoms with Gasteiger partial charge in [0, 0.05) is 0 Å². The zero-order valence-corrected chi connectivity index (χ0v) is 11.4. The molecule has 2 amide bonds. The number of anilines is 1. The molecule has 4 rings (SSSR count). The van der Waals surface area contributed by atoms with Crippen LogP contribution < -0.4 is 4.90 Å². The Morgan fingerprint density at radius 2 is 1.41 bits per heavy atom. The van der Waals surface area contributed by atoms with E-state index in [0.717, 1.165) is 23.5 Å². The van der Waals surface area contributed by atoms with Gasteiger partial charge >= 0.3 is 6.18 Å². The van der Waals surface area contributed by atoms with Crippen molar-refractivity contribution in [3.05, 3.63) is 42.0 Å². The van der Waals surface area contributed by atoms with E-state index in [9.17, 15) is 22.8 Å². The van der Waals surface area contributed by atoms with Gasteiger partial charge in [-0.25, -0.2) is 0 Å². The predicted octanol–water partition coefficient (Wildman–Crippen LogP) is 3.02. The van der Waals surface area contributed by atoms with Crippen molar-refractivity contribution in [2.75, 3.05) is 4.90 Å². The van der Waals surface area contributed by atoms with Crippen LogP contribution in [0.3, 0.4) is 0 Å². The van der Waals surface area contributed by atoms with E-state index in [4.69, 9.17) is 0 Å².